The molecule has 0 spiro atoms. The van der Waals surface area contributed by atoms with Gasteiger partial charge >= 0.3 is 0 Å². The van der Waals surface area contributed by atoms with E-state index in [2.05, 4.69) is 5.32 Å². The number of amides is 1. The second-order valence-electron chi connectivity index (χ2n) is 4.55. The molecule has 0 aliphatic heterocycles. The average Bonchev–Trinajstić information content (AvgIpc) is 2.32. The zero-order valence-corrected chi connectivity index (χ0v) is 11.1. The number of methoxy groups -OCH3 is 1. The summed E-state index contributed by atoms with van der Waals surface area (Å²) in [5.74, 6) is 0.248. The number of rotatable bonds is 7. The van der Waals surface area contributed by atoms with Gasteiger partial charge in [-0.15, -0.1) is 0 Å². The number of hydrogen-bond donors (Lipinski definition) is 2. The Morgan fingerprint density at radius 2 is 2.06 bits per heavy atom. The lowest BCUT2D eigenvalue weighted by Gasteiger charge is -2.10. The second kappa shape index (κ2) is 7.84. The summed E-state index contributed by atoms with van der Waals surface area (Å²) in [4.78, 5) is 11.7. The number of anilines is 1. The zero-order chi connectivity index (χ0) is 13.4. The molecule has 1 aromatic rings. The first kappa shape index (κ1) is 14.7. The van der Waals surface area contributed by atoms with Gasteiger partial charge in [-0.3, -0.25) is 4.79 Å². The Bertz CT molecular complexity index is 363. The number of carbonyl (C=O) groups is 1. The van der Waals surface area contributed by atoms with Gasteiger partial charge in [0.15, 0.2) is 0 Å². The van der Waals surface area contributed by atoms with E-state index in [9.17, 15) is 4.79 Å². The van der Waals surface area contributed by atoms with Gasteiger partial charge in [0.25, 0.3) is 0 Å². The Hall–Kier alpha value is -1.39. The molecule has 1 atom stereocenters. The van der Waals surface area contributed by atoms with Gasteiger partial charge in [-0.05, 0) is 36.6 Å². The van der Waals surface area contributed by atoms with Crippen LogP contribution in [0.1, 0.15) is 18.9 Å². The Morgan fingerprint density at radius 3 is 2.61 bits per heavy atom. The zero-order valence-electron chi connectivity index (χ0n) is 11.1. The highest BCUT2D eigenvalue weighted by atomic mass is 16.5. The van der Waals surface area contributed by atoms with Crippen molar-refractivity contribution in [2.45, 2.75) is 19.8 Å². The van der Waals surface area contributed by atoms with Crippen LogP contribution in [0.4, 0.5) is 5.69 Å². The van der Waals surface area contributed by atoms with Crippen molar-refractivity contribution in [3.63, 3.8) is 0 Å². The molecule has 0 saturated carbocycles. The predicted octanol–water partition coefficient (Wildman–Crippen LogP) is 1.80. The standard InChI is InChI=1S/C14H22N2O2/c1-11(10-18-2)9-14(17)16-13-5-3-12(4-6-13)7-8-15/h3-6,11H,7-10,15H2,1-2H3,(H,16,17). The van der Waals surface area contributed by atoms with Crippen molar-refractivity contribution < 1.29 is 9.53 Å². The van der Waals surface area contributed by atoms with E-state index < -0.39 is 0 Å². The predicted molar refractivity (Wildman–Crippen MR) is 73.5 cm³/mol. The number of nitrogens with two attached hydrogens (primary N) is 1. The molecule has 0 radical (unpaired) electrons. The molecule has 1 aromatic carbocycles. The molecule has 0 saturated heterocycles. The molecule has 100 valence electrons. The highest BCUT2D eigenvalue weighted by Gasteiger charge is 2.08. The summed E-state index contributed by atoms with van der Waals surface area (Å²) in [5, 5.41) is 2.87. The van der Waals surface area contributed by atoms with E-state index in [1.165, 1.54) is 5.56 Å². The fourth-order valence-electron chi connectivity index (χ4n) is 1.79. The van der Waals surface area contributed by atoms with E-state index in [1.807, 2.05) is 31.2 Å². The number of carbonyl (C=O) groups excluding carboxylic acids is 1. The number of benzene rings is 1. The van der Waals surface area contributed by atoms with Gasteiger partial charge in [-0.2, -0.15) is 0 Å². The first-order valence-electron chi connectivity index (χ1n) is 6.23. The first-order chi connectivity index (χ1) is 8.65. The average molecular weight is 250 g/mol. The Morgan fingerprint density at radius 1 is 1.39 bits per heavy atom. The fourth-order valence-corrected chi connectivity index (χ4v) is 1.79. The summed E-state index contributed by atoms with van der Waals surface area (Å²) in [6.45, 7) is 3.23. The molecule has 4 heteroatoms. The molecule has 0 aromatic heterocycles. The van der Waals surface area contributed by atoms with Crippen molar-refractivity contribution in [3.05, 3.63) is 29.8 Å². The van der Waals surface area contributed by atoms with Crippen molar-refractivity contribution in [1.82, 2.24) is 0 Å². The van der Waals surface area contributed by atoms with Crippen LogP contribution in [0.2, 0.25) is 0 Å². The molecule has 0 bridgehead atoms. The van der Waals surface area contributed by atoms with Gasteiger partial charge in [0.1, 0.15) is 0 Å². The monoisotopic (exact) mass is 250 g/mol. The van der Waals surface area contributed by atoms with E-state index in [1.54, 1.807) is 7.11 Å². The quantitative estimate of drug-likeness (QED) is 0.775. The van der Waals surface area contributed by atoms with Crippen LogP contribution in [0.3, 0.4) is 0 Å². The van der Waals surface area contributed by atoms with E-state index >= 15 is 0 Å². The number of hydrogen-bond acceptors (Lipinski definition) is 3. The van der Waals surface area contributed by atoms with Crippen LogP contribution in [0.5, 0.6) is 0 Å². The van der Waals surface area contributed by atoms with Crippen molar-refractivity contribution in [2.24, 2.45) is 11.7 Å². The largest absolute Gasteiger partial charge is 0.384 e. The van der Waals surface area contributed by atoms with Crippen molar-refractivity contribution in [3.8, 4) is 0 Å². The van der Waals surface area contributed by atoms with Crippen molar-refractivity contribution in [2.75, 3.05) is 25.6 Å². The lowest BCUT2D eigenvalue weighted by molar-refractivity contribution is -0.117. The lowest BCUT2D eigenvalue weighted by Crippen LogP contribution is -2.17. The van der Waals surface area contributed by atoms with Crippen LogP contribution in [-0.4, -0.2) is 26.2 Å². The smallest absolute Gasteiger partial charge is 0.224 e. The van der Waals surface area contributed by atoms with Gasteiger partial charge in [0, 0.05) is 25.8 Å². The number of nitrogens with one attached hydrogen (secondary N) is 1. The van der Waals surface area contributed by atoms with Crippen molar-refractivity contribution in [1.29, 1.82) is 0 Å². The van der Waals surface area contributed by atoms with Gasteiger partial charge in [-0.25, -0.2) is 0 Å². The summed E-state index contributed by atoms with van der Waals surface area (Å²) in [6.07, 6.45) is 1.33. The van der Waals surface area contributed by atoms with E-state index in [-0.39, 0.29) is 11.8 Å². The van der Waals surface area contributed by atoms with E-state index in [0.717, 1.165) is 12.1 Å². The Balaban J connectivity index is 2.44. The lowest BCUT2D eigenvalue weighted by atomic mass is 10.1. The topological polar surface area (TPSA) is 64.3 Å². The molecule has 1 rings (SSSR count). The van der Waals surface area contributed by atoms with Crippen molar-refractivity contribution >= 4 is 11.6 Å². The highest BCUT2D eigenvalue weighted by Crippen LogP contribution is 2.11. The summed E-state index contributed by atoms with van der Waals surface area (Å²) in [7, 11) is 1.64. The molecule has 0 heterocycles. The summed E-state index contributed by atoms with van der Waals surface area (Å²) in [5.41, 5.74) is 7.49. The van der Waals surface area contributed by atoms with Crippen LogP contribution in [0.15, 0.2) is 24.3 Å². The summed E-state index contributed by atoms with van der Waals surface area (Å²) in [6, 6.07) is 7.79. The molecule has 1 amide bonds. The highest BCUT2D eigenvalue weighted by molar-refractivity contribution is 5.90. The van der Waals surface area contributed by atoms with Gasteiger partial charge < -0.3 is 15.8 Å². The van der Waals surface area contributed by atoms with Crippen LogP contribution in [0, 0.1) is 5.92 Å². The van der Waals surface area contributed by atoms with Crippen LogP contribution < -0.4 is 11.1 Å². The minimum atomic E-state index is 0.0196. The van der Waals surface area contributed by atoms with Crippen LogP contribution >= 0.6 is 0 Å². The molecule has 18 heavy (non-hydrogen) atoms. The van der Waals surface area contributed by atoms with E-state index in [4.69, 9.17) is 10.5 Å². The maximum atomic E-state index is 11.7. The SMILES string of the molecule is COCC(C)CC(=O)Nc1ccc(CCN)cc1. The minimum absolute atomic E-state index is 0.0196. The molecule has 4 nitrogen and oxygen atoms in total. The third-order valence-electron chi connectivity index (χ3n) is 2.66. The fraction of sp³-hybridized carbons (Fsp3) is 0.500. The molecule has 0 fully saturated rings. The third-order valence-corrected chi connectivity index (χ3v) is 2.66. The van der Waals surface area contributed by atoms with Crippen LogP contribution in [0.25, 0.3) is 0 Å². The first-order valence-corrected chi connectivity index (χ1v) is 6.23. The van der Waals surface area contributed by atoms with Gasteiger partial charge in [-0.1, -0.05) is 19.1 Å². The molecule has 0 aliphatic carbocycles. The third kappa shape index (κ3) is 5.29. The molecule has 1 unspecified atom stereocenters. The number of ether oxygens (including phenoxy) is 1. The molecule has 3 N–H and O–H groups in total. The maximum absolute atomic E-state index is 11.7. The maximum Gasteiger partial charge on any atom is 0.224 e. The normalized spacial score (nSPS) is 12.2. The summed E-state index contributed by atoms with van der Waals surface area (Å²) < 4.78 is 5.01. The molecular formula is C14H22N2O2. The molecular weight excluding hydrogens is 228 g/mol. The van der Waals surface area contributed by atoms with Crippen LogP contribution in [-0.2, 0) is 16.0 Å². The minimum Gasteiger partial charge on any atom is -0.384 e. The second-order valence-corrected chi connectivity index (χ2v) is 4.55. The Labute approximate surface area is 109 Å². The summed E-state index contributed by atoms with van der Waals surface area (Å²) >= 11 is 0. The van der Waals surface area contributed by atoms with Gasteiger partial charge in [0.05, 0.1) is 0 Å². The van der Waals surface area contributed by atoms with Gasteiger partial charge in [0.2, 0.25) is 5.91 Å². The van der Waals surface area contributed by atoms with E-state index in [0.29, 0.717) is 19.6 Å². The molecule has 0 aliphatic rings. The Kier molecular flexibility index (Phi) is 6.39.